The fourth-order valence-corrected chi connectivity index (χ4v) is 2.77. The Morgan fingerprint density at radius 3 is 2.57 bits per heavy atom. The maximum Gasteiger partial charge on any atom is 0.315 e. The molecule has 0 N–H and O–H groups in total. The molecule has 2 aromatic rings. The zero-order chi connectivity index (χ0) is 16.7. The van der Waals surface area contributed by atoms with Gasteiger partial charge in [0.05, 0.1) is 7.11 Å². The second-order valence-corrected chi connectivity index (χ2v) is 7.01. The lowest BCUT2D eigenvalue weighted by molar-refractivity contribution is -0.151. The number of halogens is 2. The van der Waals surface area contributed by atoms with Crippen molar-refractivity contribution < 1.29 is 18.8 Å². The third kappa shape index (κ3) is 3.01. The molecule has 1 heterocycles. The van der Waals surface area contributed by atoms with E-state index in [0.29, 0.717) is 12.2 Å². The van der Waals surface area contributed by atoms with Gasteiger partial charge in [-0.05, 0) is 31.2 Å². The Balaban J connectivity index is 1.62. The highest BCUT2D eigenvalue weighted by atomic mass is 35.5. The van der Waals surface area contributed by atoms with Gasteiger partial charge in [-0.25, -0.2) is 0 Å². The van der Waals surface area contributed by atoms with Crippen LogP contribution in [-0.4, -0.2) is 27.6 Å². The van der Waals surface area contributed by atoms with Gasteiger partial charge >= 0.3 is 5.97 Å². The fraction of sp³-hybridized carbons (Fsp3) is 0.400. The number of hydrogen-bond acceptors (Lipinski definition) is 6. The maximum atomic E-state index is 12.0. The first-order chi connectivity index (χ1) is 10.9. The molecular weight excluding hydrogens is 343 g/mol. The first-order valence-corrected chi connectivity index (χ1v) is 7.63. The molecular formula is C15H14Cl2N2O4. The number of aromatic nitrogens is 2. The van der Waals surface area contributed by atoms with E-state index in [9.17, 15) is 4.79 Å². The van der Waals surface area contributed by atoms with Crippen molar-refractivity contribution >= 4 is 29.2 Å². The summed E-state index contributed by atoms with van der Waals surface area (Å²) in [5.74, 6) is 0.852. The number of benzene rings is 1. The lowest BCUT2D eigenvalue weighted by Crippen LogP contribution is -2.21. The van der Waals surface area contributed by atoms with Gasteiger partial charge in [0.15, 0.2) is 6.61 Å². The normalized spacial score (nSPS) is 21.7. The number of carbonyl (C=O) groups excluding carboxylic acids is 1. The Bertz CT molecular complexity index is 729. The summed E-state index contributed by atoms with van der Waals surface area (Å²) in [6.45, 7) is 1.54. The van der Waals surface area contributed by atoms with E-state index in [1.165, 1.54) is 0 Å². The van der Waals surface area contributed by atoms with Gasteiger partial charge in [0.2, 0.25) is 5.82 Å². The summed E-state index contributed by atoms with van der Waals surface area (Å²) in [5, 5.41) is 3.86. The van der Waals surface area contributed by atoms with Gasteiger partial charge in [0, 0.05) is 12.0 Å². The topological polar surface area (TPSA) is 74.5 Å². The molecule has 1 unspecified atom stereocenters. The van der Waals surface area contributed by atoms with Crippen LogP contribution in [0.3, 0.4) is 0 Å². The zero-order valence-corrected chi connectivity index (χ0v) is 14.0. The van der Waals surface area contributed by atoms with Gasteiger partial charge in [-0.3, -0.25) is 4.79 Å². The summed E-state index contributed by atoms with van der Waals surface area (Å²) < 4.78 is 14.3. The van der Waals surface area contributed by atoms with Gasteiger partial charge in [-0.1, -0.05) is 5.16 Å². The molecule has 0 saturated heterocycles. The minimum atomic E-state index is -1.06. The van der Waals surface area contributed by atoms with Crippen LogP contribution in [0.25, 0.3) is 11.4 Å². The molecule has 1 aliphatic rings. The van der Waals surface area contributed by atoms with Crippen molar-refractivity contribution in [2.45, 2.75) is 24.3 Å². The monoisotopic (exact) mass is 356 g/mol. The van der Waals surface area contributed by atoms with E-state index in [2.05, 4.69) is 10.1 Å². The quantitative estimate of drug-likeness (QED) is 0.603. The van der Waals surface area contributed by atoms with Gasteiger partial charge in [0.25, 0.3) is 5.89 Å². The van der Waals surface area contributed by atoms with Crippen molar-refractivity contribution in [2.24, 2.45) is 5.41 Å². The first-order valence-electron chi connectivity index (χ1n) is 6.88. The predicted octanol–water partition coefficient (Wildman–Crippen LogP) is 3.37. The van der Waals surface area contributed by atoms with Crippen LogP contribution in [0.1, 0.15) is 19.2 Å². The molecule has 1 atom stereocenters. The van der Waals surface area contributed by atoms with E-state index >= 15 is 0 Å². The average Bonchev–Trinajstić information content (AvgIpc) is 2.91. The first kappa shape index (κ1) is 16.1. The lowest BCUT2D eigenvalue weighted by Gasteiger charge is -2.09. The Labute approximate surface area is 142 Å². The number of nitrogens with zero attached hydrogens (tertiary/aromatic N) is 2. The van der Waals surface area contributed by atoms with E-state index < -0.39 is 15.7 Å². The molecule has 0 bridgehead atoms. The molecule has 1 aromatic carbocycles. The van der Waals surface area contributed by atoms with Gasteiger partial charge in [0.1, 0.15) is 15.5 Å². The third-order valence-electron chi connectivity index (χ3n) is 3.85. The van der Waals surface area contributed by atoms with Crippen molar-refractivity contribution in [1.29, 1.82) is 0 Å². The Hall–Kier alpha value is -1.79. The smallest absolute Gasteiger partial charge is 0.315 e. The molecule has 8 heteroatoms. The van der Waals surface area contributed by atoms with Crippen molar-refractivity contribution in [2.75, 3.05) is 7.11 Å². The second-order valence-electron chi connectivity index (χ2n) is 5.53. The highest BCUT2D eigenvalue weighted by Gasteiger charge is 2.69. The van der Waals surface area contributed by atoms with Crippen LogP contribution in [0.5, 0.6) is 5.75 Å². The Kier molecular flexibility index (Phi) is 3.98. The highest BCUT2D eigenvalue weighted by Crippen LogP contribution is 2.64. The standard InChI is InChI=1S/C15H14Cl2N2O4/c1-14(8-15(14,16)17)13(20)22-7-11-18-12(19-23-11)9-3-5-10(21-2)6-4-9/h3-6H,7-8H2,1-2H3. The predicted molar refractivity (Wildman–Crippen MR) is 83.2 cm³/mol. The van der Waals surface area contributed by atoms with Crippen LogP contribution in [0.4, 0.5) is 0 Å². The molecule has 1 fully saturated rings. The van der Waals surface area contributed by atoms with Gasteiger partial charge in [-0.15, -0.1) is 23.2 Å². The Morgan fingerprint density at radius 2 is 2.00 bits per heavy atom. The largest absolute Gasteiger partial charge is 0.497 e. The summed E-state index contributed by atoms with van der Waals surface area (Å²) in [4.78, 5) is 16.2. The number of esters is 1. The fourth-order valence-electron chi connectivity index (χ4n) is 2.08. The van der Waals surface area contributed by atoms with E-state index in [4.69, 9.17) is 37.2 Å². The molecule has 1 aliphatic carbocycles. The van der Waals surface area contributed by atoms with E-state index in [-0.39, 0.29) is 12.5 Å². The maximum absolute atomic E-state index is 12.0. The molecule has 0 radical (unpaired) electrons. The SMILES string of the molecule is COc1ccc(-c2noc(COC(=O)C3(C)CC3(Cl)Cl)n2)cc1. The van der Waals surface area contributed by atoms with Crippen LogP contribution >= 0.6 is 23.2 Å². The molecule has 6 nitrogen and oxygen atoms in total. The summed E-state index contributed by atoms with van der Waals surface area (Å²) in [6, 6.07) is 7.19. The zero-order valence-electron chi connectivity index (χ0n) is 12.5. The molecule has 0 spiro atoms. The Morgan fingerprint density at radius 1 is 1.35 bits per heavy atom. The summed E-state index contributed by atoms with van der Waals surface area (Å²) in [7, 11) is 1.59. The number of methoxy groups -OCH3 is 1. The molecule has 1 aromatic heterocycles. The third-order valence-corrected chi connectivity index (χ3v) is 4.95. The minimum Gasteiger partial charge on any atom is -0.497 e. The van der Waals surface area contributed by atoms with E-state index in [0.717, 1.165) is 11.3 Å². The van der Waals surface area contributed by atoms with Crippen LogP contribution < -0.4 is 4.74 Å². The molecule has 0 aliphatic heterocycles. The molecule has 122 valence electrons. The number of carbonyl (C=O) groups is 1. The summed E-state index contributed by atoms with van der Waals surface area (Å²) in [5.41, 5.74) is -0.114. The molecule has 23 heavy (non-hydrogen) atoms. The van der Waals surface area contributed by atoms with Gasteiger partial charge < -0.3 is 14.0 Å². The van der Waals surface area contributed by atoms with Crippen molar-refractivity contribution in [3.05, 3.63) is 30.2 Å². The number of alkyl halides is 2. The van der Waals surface area contributed by atoms with E-state index in [1.807, 2.05) is 0 Å². The van der Waals surface area contributed by atoms with Crippen molar-refractivity contribution in [3.63, 3.8) is 0 Å². The average molecular weight is 357 g/mol. The van der Waals surface area contributed by atoms with E-state index in [1.54, 1.807) is 38.3 Å². The molecule has 0 amide bonds. The van der Waals surface area contributed by atoms with Crippen LogP contribution in [-0.2, 0) is 16.1 Å². The summed E-state index contributed by atoms with van der Waals surface area (Å²) >= 11 is 11.9. The van der Waals surface area contributed by atoms with Crippen molar-refractivity contribution in [1.82, 2.24) is 10.1 Å². The molecule has 3 rings (SSSR count). The van der Waals surface area contributed by atoms with Crippen LogP contribution in [0.15, 0.2) is 28.8 Å². The lowest BCUT2D eigenvalue weighted by atomic mass is 10.1. The minimum absolute atomic E-state index is 0.124. The van der Waals surface area contributed by atoms with Crippen LogP contribution in [0.2, 0.25) is 0 Å². The number of rotatable bonds is 5. The number of hydrogen-bond donors (Lipinski definition) is 0. The number of ether oxygens (including phenoxy) is 2. The second kappa shape index (κ2) is 5.69. The van der Waals surface area contributed by atoms with Crippen molar-refractivity contribution in [3.8, 4) is 17.1 Å². The van der Waals surface area contributed by atoms with Crippen LogP contribution in [0, 0.1) is 5.41 Å². The molecule has 1 saturated carbocycles. The van der Waals surface area contributed by atoms with Gasteiger partial charge in [-0.2, -0.15) is 4.98 Å². The summed E-state index contributed by atoms with van der Waals surface area (Å²) in [6.07, 6.45) is 0.364. The highest BCUT2D eigenvalue weighted by molar-refractivity contribution is 6.53.